The van der Waals surface area contributed by atoms with Crippen molar-refractivity contribution in [2.24, 2.45) is 0 Å². The minimum Gasteiger partial charge on any atom is -0.493 e. The number of hydrogen-bond acceptors (Lipinski definition) is 7. The third-order valence-electron chi connectivity index (χ3n) is 6.94. The van der Waals surface area contributed by atoms with Gasteiger partial charge in [0.25, 0.3) is 5.91 Å². The average molecular weight is 527 g/mol. The number of nitrogens with zero attached hydrogens (tertiary/aromatic N) is 1. The van der Waals surface area contributed by atoms with E-state index in [1.165, 1.54) is 0 Å². The molecule has 2 aliphatic rings. The number of carbonyl (C=O) groups excluding carboxylic acids is 1. The maximum absolute atomic E-state index is 13.3. The third kappa shape index (κ3) is 4.99. The van der Waals surface area contributed by atoms with E-state index >= 15 is 0 Å². The number of nitrogens with one attached hydrogen (secondary N) is 3. The van der Waals surface area contributed by atoms with Gasteiger partial charge in [-0.05, 0) is 31.5 Å². The van der Waals surface area contributed by atoms with Crippen LogP contribution in [0.2, 0.25) is 5.02 Å². The van der Waals surface area contributed by atoms with Crippen LogP contribution in [-0.2, 0) is 9.47 Å². The predicted molar refractivity (Wildman–Crippen MR) is 141 cm³/mol. The summed E-state index contributed by atoms with van der Waals surface area (Å²) in [6, 6.07) is 7.31. The van der Waals surface area contributed by atoms with Crippen molar-refractivity contribution in [1.29, 1.82) is 0 Å². The topological polar surface area (TPSA) is 107 Å². The van der Waals surface area contributed by atoms with Crippen LogP contribution in [-0.4, -0.2) is 62.1 Å². The Kier molecular flexibility index (Phi) is 7.28. The number of fused-ring (bicyclic) bond motifs is 1. The Balaban J connectivity index is 1.62. The van der Waals surface area contributed by atoms with Gasteiger partial charge in [0, 0.05) is 50.1 Å². The number of hydrogen-bond donors (Lipinski definition) is 3. The molecule has 10 heteroatoms. The SMILES string of the molecule is COCCC1CNC(=O)c2c1[nH]c(-c1ccncc1OC[C@]1(C)CCO1)c2Nc1cccc(Cl)c1OC. The second-order valence-electron chi connectivity index (χ2n) is 9.51. The first kappa shape index (κ1) is 25.4. The molecule has 37 heavy (non-hydrogen) atoms. The molecule has 1 aromatic carbocycles. The second kappa shape index (κ2) is 10.6. The lowest BCUT2D eigenvalue weighted by Gasteiger charge is -2.38. The van der Waals surface area contributed by atoms with E-state index in [4.69, 9.17) is 30.5 Å². The minimum atomic E-state index is -0.317. The highest BCUT2D eigenvalue weighted by atomic mass is 35.5. The van der Waals surface area contributed by atoms with Crippen molar-refractivity contribution in [3.63, 3.8) is 0 Å². The molecule has 0 radical (unpaired) electrons. The highest BCUT2D eigenvalue weighted by Crippen LogP contribution is 2.45. The molecule has 2 aliphatic heterocycles. The number of ether oxygens (including phenoxy) is 4. The molecule has 3 N–H and O–H groups in total. The van der Waals surface area contributed by atoms with Crippen molar-refractivity contribution in [1.82, 2.24) is 15.3 Å². The molecule has 2 atom stereocenters. The van der Waals surface area contributed by atoms with Gasteiger partial charge in [0.1, 0.15) is 18.0 Å². The number of pyridine rings is 1. The number of H-pyrrole nitrogens is 1. The van der Waals surface area contributed by atoms with Crippen molar-refractivity contribution < 1.29 is 23.7 Å². The zero-order valence-corrected chi connectivity index (χ0v) is 21.9. The van der Waals surface area contributed by atoms with Crippen molar-refractivity contribution in [3.8, 4) is 22.8 Å². The summed E-state index contributed by atoms with van der Waals surface area (Å²) in [4.78, 5) is 21.1. The number of para-hydroxylation sites is 1. The molecule has 0 aliphatic carbocycles. The van der Waals surface area contributed by atoms with Gasteiger partial charge in [0.2, 0.25) is 0 Å². The fraction of sp³-hybridized carbons (Fsp3) is 0.407. The number of rotatable bonds is 10. The number of aromatic nitrogens is 2. The monoisotopic (exact) mass is 526 g/mol. The number of amides is 1. The Morgan fingerprint density at radius 2 is 2.14 bits per heavy atom. The lowest BCUT2D eigenvalue weighted by molar-refractivity contribution is -0.152. The summed E-state index contributed by atoms with van der Waals surface area (Å²) in [5.74, 6) is 0.963. The van der Waals surface area contributed by atoms with Gasteiger partial charge < -0.3 is 34.6 Å². The molecule has 1 amide bonds. The van der Waals surface area contributed by atoms with Crippen molar-refractivity contribution in [2.75, 3.05) is 45.9 Å². The normalized spacial score (nSPS) is 20.5. The quantitative estimate of drug-likeness (QED) is 0.345. The van der Waals surface area contributed by atoms with Gasteiger partial charge in [-0.1, -0.05) is 17.7 Å². The highest BCUT2D eigenvalue weighted by Gasteiger charge is 2.36. The van der Waals surface area contributed by atoms with Gasteiger partial charge in [0.15, 0.2) is 5.75 Å². The molecular formula is C27H31ClN4O5. The van der Waals surface area contributed by atoms with Crippen LogP contribution in [0.3, 0.4) is 0 Å². The summed E-state index contributed by atoms with van der Waals surface area (Å²) in [6.45, 7) is 4.25. The van der Waals surface area contributed by atoms with Gasteiger partial charge in [-0.2, -0.15) is 0 Å². The van der Waals surface area contributed by atoms with Crippen LogP contribution in [0.5, 0.6) is 11.5 Å². The van der Waals surface area contributed by atoms with E-state index in [2.05, 4.69) is 20.6 Å². The maximum atomic E-state index is 13.3. The van der Waals surface area contributed by atoms with Crippen LogP contribution in [0.4, 0.5) is 11.4 Å². The number of halogens is 1. The lowest BCUT2D eigenvalue weighted by Crippen LogP contribution is -2.45. The number of methoxy groups -OCH3 is 2. The molecule has 4 heterocycles. The number of anilines is 2. The van der Waals surface area contributed by atoms with E-state index in [1.54, 1.807) is 32.7 Å². The summed E-state index contributed by atoms with van der Waals surface area (Å²) in [5.41, 5.74) is 3.80. The molecule has 1 fully saturated rings. The van der Waals surface area contributed by atoms with E-state index in [0.29, 0.717) is 58.9 Å². The molecule has 1 saturated heterocycles. The van der Waals surface area contributed by atoms with Gasteiger partial charge in [-0.25, -0.2) is 0 Å². The summed E-state index contributed by atoms with van der Waals surface area (Å²) >= 11 is 6.40. The van der Waals surface area contributed by atoms with Gasteiger partial charge in [-0.3, -0.25) is 9.78 Å². The van der Waals surface area contributed by atoms with Gasteiger partial charge >= 0.3 is 0 Å². The molecule has 0 saturated carbocycles. The Labute approximate surface area is 220 Å². The van der Waals surface area contributed by atoms with Crippen molar-refractivity contribution in [3.05, 3.63) is 52.9 Å². The van der Waals surface area contributed by atoms with E-state index < -0.39 is 0 Å². The second-order valence-corrected chi connectivity index (χ2v) is 9.91. The lowest BCUT2D eigenvalue weighted by atomic mass is 9.93. The first-order valence-electron chi connectivity index (χ1n) is 12.3. The summed E-state index contributed by atoms with van der Waals surface area (Å²) in [7, 11) is 3.24. The van der Waals surface area contributed by atoms with E-state index in [9.17, 15) is 4.79 Å². The van der Waals surface area contributed by atoms with Crippen molar-refractivity contribution >= 4 is 28.9 Å². The number of benzene rings is 1. The van der Waals surface area contributed by atoms with E-state index in [0.717, 1.165) is 30.7 Å². The largest absolute Gasteiger partial charge is 0.493 e. The fourth-order valence-corrected chi connectivity index (χ4v) is 5.00. The summed E-state index contributed by atoms with van der Waals surface area (Å²) < 4.78 is 22.8. The molecule has 2 aromatic heterocycles. The zero-order chi connectivity index (χ0) is 26.0. The average Bonchev–Trinajstić information content (AvgIpc) is 3.26. The maximum Gasteiger partial charge on any atom is 0.255 e. The molecular weight excluding hydrogens is 496 g/mol. The van der Waals surface area contributed by atoms with Crippen molar-refractivity contribution in [2.45, 2.75) is 31.3 Å². The Morgan fingerprint density at radius 3 is 2.86 bits per heavy atom. The molecule has 0 bridgehead atoms. The van der Waals surface area contributed by atoms with Gasteiger partial charge in [0.05, 0.1) is 47.6 Å². The van der Waals surface area contributed by atoms with Crippen LogP contribution in [0, 0.1) is 0 Å². The first-order chi connectivity index (χ1) is 17.9. The standard InChI is InChI=1S/C27H31ClN4O5/c1-27(9-12-37-27)15-36-20-14-29-10-7-17(20)23-24(31-19-6-4-5-18(28)25(19)35-3)21-22(32-23)16(8-11-34-2)13-30-26(21)33/h4-7,10,14,16,31-32H,8-9,11-13,15H2,1-3H3,(H,30,33)/t16?,27-/m0/s1. The highest BCUT2D eigenvalue weighted by molar-refractivity contribution is 6.32. The fourth-order valence-electron chi connectivity index (χ4n) is 4.75. The Morgan fingerprint density at radius 1 is 1.30 bits per heavy atom. The minimum absolute atomic E-state index is 0.0525. The predicted octanol–water partition coefficient (Wildman–Crippen LogP) is 4.90. The Bertz CT molecular complexity index is 1290. The van der Waals surface area contributed by atoms with Crippen LogP contribution in [0.25, 0.3) is 11.3 Å². The molecule has 196 valence electrons. The van der Waals surface area contributed by atoms with Crippen LogP contribution in [0.15, 0.2) is 36.7 Å². The molecule has 1 unspecified atom stereocenters. The molecule has 5 rings (SSSR count). The van der Waals surface area contributed by atoms with Crippen LogP contribution in [0.1, 0.15) is 41.7 Å². The summed E-state index contributed by atoms with van der Waals surface area (Å²) in [5, 5.41) is 6.93. The first-order valence-corrected chi connectivity index (χ1v) is 12.7. The van der Waals surface area contributed by atoms with Crippen LogP contribution < -0.4 is 20.1 Å². The molecule has 0 spiro atoms. The van der Waals surface area contributed by atoms with Gasteiger partial charge in [-0.15, -0.1) is 0 Å². The van der Waals surface area contributed by atoms with E-state index in [-0.39, 0.29) is 17.4 Å². The zero-order valence-electron chi connectivity index (χ0n) is 21.2. The molecule has 9 nitrogen and oxygen atoms in total. The Hall–Kier alpha value is -3.27. The smallest absolute Gasteiger partial charge is 0.255 e. The number of carbonyl (C=O) groups is 1. The van der Waals surface area contributed by atoms with E-state index in [1.807, 2.05) is 25.1 Å². The molecule has 3 aromatic rings. The van der Waals surface area contributed by atoms with Crippen LogP contribution >= 0.6 is 11.6 Å². The summed E-state index contributed by atoms with van der Waals surface area (Å²) in [6.07, 6.45) is 5.07. The third-order valence-corrected chi connectivity index (χ3v) is 7.24. The number of aromatic amines is 1.